The highest BCUT2D eigenvalue weighted by atomic mass is 19.4. The van der Waals surface area contributed by atoms with Gasteiger partial charge in [0.15, 0.2) is 0 Å². The molecule has 0 spiro atoms. The lowest BCUT2D eigenvalue weighted by Gasteiger charge is -2.07. The van der Waals surface area contributed by atoms with Gasteiger partial charge >= 0.3 is 6.18 Å². The molecule has 0 aromatic heterocycles. The van der Waals surface area contributed by atoms with Gasteiger partial charge < -0.3 is 0 Å². The molecule has 0 fully saturated rings. The molecule has 0 aliphatic rings. The van der Waals surface area contributed by atoms with Crippen molar-refractivity contribution in [3.63, 3.8) is 0 Å². The first-order valence-corrected chi connectivity index (χ1v) is 6.21. The van der Waals surface area contributed by atoms with E-state index in [1.165, 1.54) is 5.56 Å². The van der Waals surface area contributed by atoms with Crippen molar-refractivity contribution >= 4 is 0 Å². The molecule has 0 N–H and O–H groups in total. The van der Waals surface area contributed by atoms with Gasteiger partial charge in [-0.25, -0.2) is 0 Å². The summed E-state index contributed by atoms with van der Waals surface area (Å²) in [5.74, 6) is 0. The summed E-state index contributed by atoms with van der Waals surface area (Å²) in [5.41, 5.74) is 3.04. The maximum absolute atomic E-state index is 12.1. The molecule has 0 bridgehead atoms. The fourth-order valence-electron chi connectivity index (χ4n) is 1.94. The average molecular weight is 264 g/mol. The van der Waals surface area contributed by atoms with Gasteiger partial charge in [-0.2, -0.15) is 13.2 Å². The van der Waals surface area contributed by atoms with Crippen LogP contribution >= 0.6 is 0 Å². The van der Waals surface area contributed by atoms with Gasteiger partial charge in [-0.3, -0.25) is 0 Å². The maximum atomic E-state index is 12.1. The number of aryl methyl sites for hydroxylation is 1. The molecule has 0 saturated carbocycles. The van der Waals surface area contributed by atoms with Crippen LogP contribution in [-0.4, -0.2) is 6.18 Å². The fraction of sp³-hybridized carbons (Fsp3) is 0.250. The van der Waals surface area contributed by atoms with E-state index >= 15 is 0 Å². The summed E-state index contributed by atoms with van der Waals surface area (Å²) in [5, 5.41) is 0. The first kappa shape index (κ1) is 13.7. The van der Waals surface area contributed by atoms with E-state index in [0.717, 1.165) is 17.5 Å². The Balaban J connectivity index is 1.95. The second kappa shape index (κ2) is 5.91. The van der Waals surface area contributed by atoms with E-state index in [9.17, 15) is 13.2 Å². The first-order chi connectivity index (χ1) is 9.03. The molecule has 2 aromatic carbocycles. The Morgan fingerprint density at radius 2 is 1.21 bits per heavy atom. The summed E-state index contributed by atoms with van der Waals surface area (Å²) >= 11 is 0. The van der Waals surface area contributed by atoms with Gasteiger partial charge in [0.25, 0.3) is 0 Å². The van der Waals surface area contributed by atoms with Crippen LogP contribution in [0.1, 0.15) is 23.1 Å². The third-order valence-electron chi connectivity index (χ3n) is 2.97. The molecule has 0 aliphatic heterocycles. The first-order valence-electron chi connectivity index (χ1n) is 6.21. The van der Waals surface area contributed by atoms with Gasteiger partial charge in [0.2, 0.25) is 0 Å². The van der Waals surface area contributed by atoms with Gasteiger partial charge in [0.1, 0.15) is 0 Å². The molecule has 0 heterocycles. The predicted octanol–water partition coefficient (Wildman–Crippen LogP) is 4.77. The lowest BCUT2D eigenvalue weighted by Crippen LogP contribution is -2.08. The van der Waals surface area contributed by atoms with E-state index in [1.807, 2.05) is 42.5 Å². The van der Waals surface area contributed by atoms with Crippen molar-refractivity contribution in [2.24, 2.45) is 0 Å². The summed E-state index contributed by atoms with van der Waals surface area (Å²) in [6.45, 7) is 0. The predicted molar refractivity (Wildman–Crippen MR) is 70.1 cm³/mol. The second-order valence-corrected chi connectivity index (χ2v) is 4.59. The Labute approximate surface area is 110 Å². The van der Waals surface area contributed by atoms with Gasteiger partial charge in [0.05, 0.1) is 0 Å². The van der Waals surface area contributed by atoms with Crippen LogP contribution in [0.5, 0.6) is 0 Å². The molecule has 0 aliphatic carbocycles. The fourth-order valence-corrected chi connectivity index (χ4v) is 1.94. The van der Waals surface area contributed by atoms with E-state index in [0.29, 0.717) is 0 Å². The maximum Gasteiger partial charge on any atom is 0.389 e. The largest absolute Gasteiger partial charge is 0.389 e. The van der Waals surface area contributed by atoms with E-state index in [1.54, 1.807) is 12.1 Å². The normalized spacial score (nSPS) is 11.5. The van der Waals surface area contributed by atoms with Crippen LogP contribution in [-0.2, 0) is 12.8 Å². The molecule has 100 valence electrons. The highest BCUT2D eigenvalue weighted by Gasteiger charge is 2.26. The van der Waals surface area contributed by atoms with Crippen LogP contribution in [0.25, 0.3) is 0 Å². The van der Waals surface area contributed by atoms with Crippen molar-refractivity contribution in [3.8, 4) is 0 Å². The molecule has 19 heavy (non-hydrogen) atoms. The number of benzene rings is 2. The zero-order valence-electron chi connectivity index (χ0n) is 10.5. The molecular formula is C16H15F3. The van der Waals surface area contributed by atoms with Gasteiger partial charge in [0, 0.05) is 6.42 Å². The van der Waals surface area contributed by atoms with Crippen LogP contribution in [0.4, 0.5) is 13.2 Å². The Morgan fingerprint density at radius 3 is 1.79 bits per heavy atom. The highest BCUT2D eigenvalue weighted by Crippen LogP contribution is 2.22. The minimum absolute atomic E-state index is 0.0507. The molecule has 0 radical (unpaired) electrons. The van der Waals surface area contributed by atoms with Crippen molar-refractivity contribution in [2.75, 3.05) is 0 Å². The van der Waals surface area contributed by atoms with E-state index in [2.05, 4.69) is 0 Å². The lowest BCUT2D eigenvalue weighted by molar-refractivity contribution is -0.133. The minimum Gasteiger partial charge on any atom is -0.171 e. The van der Waals surface area contributed by atoms with Crippen molar-refractivity contribution in [1.82, 2.24) is 0 Å². The van der Waals surface area contributed by atoms with Gasteiger partial charge in [-0.05, 0) is 29.5 Å². The SMILES string of the molecule is FC(F)(F)CCc1ccc(Cc2ccccc2)cc1. The second-order valence-electron chi connectivity index (χ2n) is 4.59. The van der Waals surface area contributed by atoms with Crippen molar-refractivity contribution in [1.29, 1.82) is 0 Å². The number of hydrogen-bond donors (Lipinski definition) is 0. The number of rotatable bonds is 4. The Hall–Kier alpha value is -1.77. The molecule has 2 rings (SSSR count). The average Bonchev–Trinajstić information content (AvgIpc) is 2.38. The van der Waals surface area contributed by atoms with E-state index in [4.69, 9.17) is 0 Å². The molecular weight excluding hydrogens is 249 g/mol. The van der Waals surface area contributed by atoms with Crippen molar-refractivity contribution in [3.05, 3.63) is 71.3 Å². The topological polar surface area (TPSA) is 0 Å². The molecule has 3 heteroatoms. The zero-order chi connectivity index (χ0) is 13.7. The van der Waals surface area contributed by atoms with Gasteiger partial charge in [-0.15, -0.1) is 0 Å². The van der Waals surface area contributed by atoms with Crippen molar-refractivity contribution < 1.29 is 13.2 Å². The molecule has 0 unspecified atom stereocenters. The van der Waals surface area contributed by atoms with Crippen LogP contribution in [0.15, 0.2) is 54.6 Å². The summed E-state index contributed by atoms with van der Waals surface area (Å²) in [6, 6.07) is 17.4. The summed E-state index contributed by atoms with van der Waals surface area (Å²) in [6.07, 6.45) is -3.98. The Morgan fingerprint density at radius 1 is 0.684 bits per heavy atom. The summed E-state index contributed by atoms with van der Waals surface area (Å²) in [7, 11) is 0. The number of hydrogen-bond acceptors (Lipinski definition) is 0. The van der Waals surface area contributed by atoms with Crippen LogP contribution < -0.4 is 0 Å². The third kappa shape index (κ3) is 4.78. The molecule has 0 amide bonds. The monoisotopic (exact) mass is 264 g/mol. The zero-order valence-corrected chi connectivity index (χ0v) is 10.5. The Bertz CT molecular complexity index is 498. The quantitative estimate of drug-likeness (QED) is 0.746. The standard InChI is InChI=1S/C16H15F3/c17-16(18,19)11-10-13-6-8-15(9-7-13)12-14-4-2-1-3-5-14/h1-9H,10-12H2. The third-order valence-corrected chi connectivity index (χ3v) is 2.97. The van der Waals surface area contributed by atoms with Gasteiger partial charge in [-0.1, -0.05) is 54.6 Å². The van der Waals surface area contributed by atoms with Crippen LogP contribution in [0.3, 0.4) is 0 Å². The van der Waals surface area contributed by atoms with E-state index < -0.39 is 12.6 Å². The number of alkyl halides is 3. The summed E-state index contributed by atoms with van der Waals surface area (Å²) in [4.78, 5) is 0. The minimum atomic E-state index is -4.08. The number of halogens is 3. The molecule has 0 atom stereocenters. The highest BCUT2D eigenvalue weighted by molar-refractivity contribution is 5.28. The summed E-state index contributed by atoms with van der Waals surface area (Å²) < 4.78 is 36.3. The molecule has 2 aromatic rings. The molecule has 0 saturated heterocycles. The Kier molecular flexibility index (Phi) is 4.25. The van der Waals surface area contributed by atoms with Crippen molar-refractivity contribution in [2.45, 2.75) is 25.4 Å². The lowest BCUT2D eigenvalue weighted by atomic mass is 10.0. The van der Waals surface area contributed by atoms with Crippen LogP contribution in [0, 0.1) is 0 Å². The van der Waals surface area contributed by atoms with Crippen LogP contribution in [0.2, 0.25) is 0 Å². The molecule has 0 nitrogen and oxygen atoms in total. The smallest absolute Gasteiger partial charge is 0.171 e. The van der Waals surface area contributed by atoms with E-state index in [-0.39, 0.29) is 6.42 Å².